The summed E-state index contributed by atoms with van der Waals surface area (Å²) >= 11 is 0. The molecule has 1 aliphatic heterocycles. The Morgan fingerprint density at radius 3 is 2.59 bits per heavy atom. The van der Waals surface area contributed by atoms with E-state index in [-0.39, 0.29) is 5.91 Å². The molecule has 1 aromatic rings. The minimum absolute atomic E-state index is 0.0793. The Labute approximate surface area is 103 Å². The fourth-order valence-corrected chi connectivity index (χ4v) is 2.64. The van der Waals surface area contributed by atoms with Gasteiger partial charge in [0.05, 0.1) is 0 Å². The van der Waals surface area contributed by atoms with Crippen LogP contribution in [0.4, 0.5) is 0 Å². The Bertz CT molecular complexity index is 389. The largest absolute Gasteiger partial charge is 0.337 e. The average Bonchev–Trinajstić information content (AvgIpc) is 2.75. The molecule has 1 aromatic heterocycles. The lowest BCUT2D eigenvalue weighted by atomic mass is 9.92. The number of carbonyl (C=O) groups is 1. The summed E-state index contributed by atoms with van der Waals surface area (Å²) in [6, 6.07) is 1.82. The van der Waals surface area contributed by atoms with Crippen molar-refractivity contribution in [2.75, 3.05) is 13.1 Å². The van der Waals surface area contributed by atoms with Crippen LogP contribution < -0.4 is 0 Å². The van der Waals surface area contributed by atoms with E-state index in [1.54, 1.807) is 4.68 Å². The van der Waals surface area contributed by atoms with Crippen molar-refractivity contribution in [2.45, 2.75) is 33.7 Å². The monoisotopic (exact) mass is 235 g/mol. The van der Waals surface area contributed by atoms with Crippen molar-refractivity contribution >= 4 is 5.91 Å². The topological polar surface area (TPSA) is 38.1 Å². The molecule has 2 atom stereocenters. The second-order valence-electron chi connectivity index (χ2n) is 5.21. The predicted octanol–water partition coefficient (Wildman–Crippen LogP) is 2.02. The Kier molecular flexibility index (Phi) is 3.50. The van der Waals surface area contributed by atoms with E-state index < -0.39 is 0 Å². The van der Waals surface area contributed by atoms with Crippen LogP contribution in [0.25, 0.3) is 0 Å². The molecule has 0 aromatic carbocycles. The highest BCUT2D eigenvalue weighted by atomic mass is 16.2. The number of aromatic nitrogens is 2. The van der Waals surface area contributed by atoms with Crippen LogP contribution in [-0.2, 0) is 6.54 Å². The summed E-state index contributed by atoms with van der Waals surface area (Å²) in [6.07, 6.45) is 3.08. The number of carbonyl (C=O) groups excluding carboxylic acids is 1. The van der Waals surface area contributed by atoms with Gasteiger partial charge >= 0.3 is 0 Å². The summed E-state index contributed by atoms with van der Waals surface area (Å²) in [7, 11) is 0. The number of hydrogen-bond donors (Lipinski definition) is 0. The molecule has 17 heavy (non-hydrogen) atoms. The number of piperidine rings is 1. The molecule has 0 bridgehead atoms. The first-order valence-electron chi connectivity index (χ1n) is 6.43. The fourth-order valence-electron chi connectivity index (χ4n) is 2.64. The standard InChI is InChI=1S/C13H21N3O/c1-4-16-6-5-12(14-16)13(17)15-8-10(2)7-11(3)9-15/h5-6,10-11H,4,7-9H2,1-3H3/t10-,11+. The van der Waals surface area contributed by atoms with Gasteiger partial charge < -0.3 is 4.90 Å². The van der Waals surface area contributed by atoms with E-state index in [0.717, 1.165) is 19.6 Å². The van der Waals surface area contributed by atoms with Crippen molar-refractivity contribution in [2.24, 2.45) is 11.8 Å². The molecular formula is C13H21N3O. The molecule has 2 rings (SSSR count). The Hall–Kier alpha value is -1.32. The third kappa shape index (κ3) is 2.68. The molecule has 94 valence electrons. The molecule has 1 fully saturated rings. The van der Waals surface area contributed by atoms with Gasteiger partial charge in [-0.1, -0.05) is 13.8 Å². The molecule has 4 heteroatoms. The van der Waals surface area contributed by atoms with E-state index in [1.165, 1.54) is 6.42 Å². The van der Waals surface area contributed by atoms with Gasteiger partial charge in [0.25, 0.3) is 5.91 Å². The highest BCUT2D eigenvalue weighted by Gasteiger charge is 2.27. The zero-order valence-electron chi connectivity index (χ0n) is 10.9. The fraction of sp³-hybridized carbons (Fsp3) is 0.692. The van der Waals surface area contributed by atoms with E-state index in [0.29, 0.717) is 17.5 Å². The van der Waals surface area contributed by atoms with E-state index in [2.05, 4.69) is 18.9 Å². The second kappa shape index (κ2) is 4.90. The van der Waals surface area contributed by atoms with E-state index in [4.69, 9.17) is 0 Å². The highest BCUT2D eigenvalue weighted by molar-refractivity contribution is 5.92. The van der Waals surface area contributed by atoms with Crippen LogP contribution in [0.3, 0.4) is 0 Å². The number of rotatable bonds is 2. The minimum atomic E-state index is 0.0793. The summed E-state index contributed by atoms with van der Waals surface area (Å²) < 4.78 is 1.80. The highest BCUT2D eigenvalue weighted by Crippen LogP contribution is 2.22. The molecule has 1 saturated heterocycles. The number of aryl methyl sites for hydroxylation is 1. The average molecular weight is 235 g/mol. The van der Waals surface area contributed by atoms with Gasteiger partial charge in [-0.25, -0.2) is 0 Å². The van der Waals surface area contributed by atoms with E-state index in [9.17, 15) is 4.79 Å². The molecule has 4 nitrogen and oxygen atoms in total. The molecule has 0 radical (unpaired) electrons. The Balaban J connectivity index is 2.08. The molecule has 1 aliphatic rings. The summed E-state index contributed by atoms with van der Waals surface area (Å²) in [6.45, 7) is 8.97. The van der Waals surface area contributed by atoms with Crippen LogP contribution in [0.2, 0.25) is 0 Å². The molecule has 2 heterocycles. The molecule has 0 aliphatic carbocycles. The Morgan fingerprint density at radius 1 is 1.41 bits per heavy atom. The van der Waals surface area contributed by atoms with Gasteiger partial charge in [-0.2, -0.15) is 5.10 Å². The molecular weight excluding hydrogens is 214 g/mol. The summed E-state index contributed by atoms with van der Waals surface area (Å²) in [4.78, 5) is 14.2. The number of amides is 1. The van der Waals surface area contributed by atoms with Gasteiger partial charge in [-0.15, -0.1) is 0 Å². The van der Waals surface area contributed by atoms with Crippen LogP contribution >= 0.6 is 0 Å². The quantitative estimate of drug-likeness (QED) is 0.786. The smallest absolute Gasteiger partial charge is 0.274 e. The number of likely N-dealkylation sites (tertiary alicyclic amines) is 1. The van der Waals surface area contributed by atoms with Gasteiger partial charge in [-0.3, -0.25) is 9.48 Å². The first kappa shape index (κ1) is 12.1. The van der Waals surface area contributed by atoms with Gasteiger partial charge in [0.2, 0.25) is 0 Å². The lowest BCUT2D eigenvalue weighted by Crippen LogP contribution is -2.42. The van der Waals surface area contributed by atoms with Crippen molar-refractivity contribution < 1.29 is 4.79 Å². The zero-order chi connectivity index (χ0) is 12.4. The molecule has 0 spiro atoms. The maximum absolute atomic E-state index is 12.3. The maximum Gasteiger partial charge on any atom is 0.274 e. The number of nitrogens with zero attached hydrogens (tertiary/aromatic N) is 3. The van der Waals surface area contributed by atoms with Crippen LogP contribution in [-0.4, -0.2) is 33.7 Å². The van der Waals surface area contributed by atoms with Crippen molar-refractivity contribution in [1.29, 1.82) is 0 Å². The van der Waals surface area contributed by atoms with Crippen LogP contribution in [0.1, 0.15) is 37.7 Å². The van der Waals surface area contributed by atoms with E-state index >= 15 is 0 Å². The number of hydrogen-bond acceptors (Lipinski definition) is 2. The van der Waals surface area contributed by atoms with Gasteiger partial charge in [-0.05, 0) is 31.2 Å². The molecule has 0 unspecified atom stereocenters. The van der Waals surface area contributed by atoms with Crippen molar-refractivity contribution in [3.05, 3.63) is 18.0 Å². The van der Waals surface area contributed by atoms with Gasteiger partial charge in [0.1, 0.15) is 5.69 Å². The predicted molar refractivity (Wildman–Crippen MR) is 66.7 cm³/mol. The first-order valence-corrected chi connectivity index (χ1v) is 6.43. The molecule has 0 N–H and O–H groups in total. The second-order valence-corrected chi connectivity index (χ2v) is 5.21. The van der Waals surface area contributed by atoms with Crippen LogP contribution in [0.15, 0.2) is 12.3 Å². The van der Waals surface area contributed by atoms with E-state index in [1.807, 2.05) is 24.1 Å². The third-order valence-electron chi connectivity index (χ3n) is 3.34. The van der Waals surface area contributed by atoms with Crippen molar-refractivity contribution in [3.8, 4) is 0 Å². The first-order chi connectivity index (χ1) is 8.10. The van der Waals surface area contributed by atoms with Crippen LogP contribution in [0, 0.1) is 11.8 Å². The van der Waals surface area contributed by atoms with Crippen molar-refractivity contribution in [1.82, 2.24) is 14.7 Å². The van der Waals surface area contributed by atoms with Gasteiger partial charge in [0, 0.05) is 25.8 Å². The summed E-state index contributed by atoms with van der Waals surface area (Å²) in [5.74, 6) is 1.27. The third-order valence-corrected chi connectivity index (χ3v) is 3.34. The Morgan fingerprint density at radius 2 is 2.06 bits per heavy atom. The van der Waals surface area contributed by atoms with Gasteiger partial charge in [0.15, 0.2) is 0 Å². The summed E-state index contributed by atoms with van der Waals surface area (Å²) in [5, 5.41) is 4.28. The lowest BCUT2D eigenvalue weighted by Gasteiger charge is -2.34. The van der Waals surface area contributed by atoms with Crippen LogP contribution in [0.5, 0.6) is 0 Å². The van der Waals surface area contributed by atoms with Crippen molar-refractivity contribution in [3.63, 3.8) is 0 Å². The molecule has 1 amide bonds. The SMILES string of the molecule is CCn1ccc(C(=O)N2C[C@H](C)C[C@H](C)C2)n1. The molecule has 0 saturated carbocycles. The summed E-state index contributed by atoms with van der Waals surface area (Å²) in [5.41, 5.74) is 0.577. The maximum atomic E-state index is 12.3. The normalized spacial score (nSPS) is 25.0. The minimum Gasteiger partial charge on any atom is -0.337 e. The lowest BCUT2D eigenvalue weighted by molar-refractivity contribution is 0.0616. The zero-order valence-corrected chi connectivity index (χ0v) is 10.9.